The van der Waals surface area contributed by atoms with Crippen LogP contribution in [0.1, 0.15) is 32.3 Å². The topological polar surface area (TPSA) is 55.3 Å². The van der Waals surface area contributed by atoms with Gasteiger partial charge < -0.3 is 4.74 Å². The van der Waals surface area contributed by atoms with Crippen LogP contribution >= 0.6 is 27.3 Å². The van der Waals surface area contributed by atoms with Crippen LogP contribution in [0, 0.1) is 0 Å². The molecule has 7 heteroatoms. The van der Waals surface area contributed by atoms with Crippen LogP contribution in [0.25, 0.3) is 10.6 Å². The van der Waals surface area contributed by atoms with E-state index in [1.807, 2.05) is 48.5 Å². The smallest absolute Gasteiger partial charge is 0.269 e. The fourth-order valence-corrected chi connectivity index (χ4v) is 3.69. The summed E-state index contributed by atoms with van der Waals surface area (Å²) >= 11 is 4.79. The highest BCUT2D eigenvalue weighted by Gasteiger charge is 2.23. The quantitative estimate of drug-likeness (QED) is 0.486. The van der Waals surface area contributed by atoms with Gasteiger partial charge in [0.15, 0.2) is 6.10 Å². The van der Waals surface area contributed by atoms with Crippen molar-refractivity contribution in [3.05, 3.63) is 58.6 Å². The maximum Gasteiger partial charge on any atom is 0.269 e. The predicted octanol–water partition coefficient (Wildman–Crippen LogP) is 5.52. The number of ether oxygens (including phenoxy) is 1. The van der Waals surface area contributed by atoms with Crippen molar-refractivity contribution in [2.24, 2.45) is 0 Å². The first-order valence-corrected chi connectivity index (χ1v) is 10.6. The van der Waals surface area contributed by atoms with Crippen molar-refractivity contribution >= 4 is 38.3 Å². The molecular formula is C21H22BrN3O2S. The van der Waals surface area contributed by atoms with Crippen LogP contribution < -0.4 is 9.64 Å². The number of hydrogen-bond acceptors (Lipinski definition) is 5. The molecule has 1 heterocycles. The Balaban J connectivity index is 1.67. The van der Waals surface area contributed by atoms with Crippen LogP contribution in [-0.4, -0.2) is 29.3 Å². The Morgan fingerprint density at radius 1 is 1.04 bits per heavy atom. The van der Waals surface area contributed by atoms with Gasteiger partial charge >= 0.3 is 0 Å². The third kappa shape index (κ3) is 4.77. The van der Waals surface area contributed by atoms with Crippen LogP contribution in [-0.2, 0) is 4.79 Å². The van der Waals surface area contributed by atoms with Gasteiger partial charge in [0.05, 0.1) is 0 Å². The molecular weight excluding hydrogens is 438 g/mol. The van der Waals surface area contributed by atoms with Gasteiger partial charge in [0.25, 0.3) is 5.91 Å². The van der Waals surface area contributed by atoms with Gasteiger partial charge in [-0.3, -0.25) is 9.69 Å². The lowest BCUT2D eigenvalue weighted by Gasteiger charge is -2.20. The minimum absolute atomic E-state index is 0.175. The first kappa shape index (κ1) is 20.5. The monoisotopic (exact) mass is 459 g/mol. The van der Waals surface area contributed by atoms with Gasteiger partial charge in [-0.15, -0.1) is 10.2 Å². The SMILES string of the molecule is CC(Oc1ccc(C(C)C)cc1)C(=O)N(C)c1nnc(-c2ccc(Br)cc2)s1. The summed E-state index contributed by atoms with van der Waals surface area (Å²) in [5.74, 6) is 0.953. The Hall–Kier alpha value is -2.25. The Labute approximate surface area is 177 Å². The molecule has 0 saturated carbocycles. The van der Waals surface area contributed by atoms with Crippen molar-refractivity contribution in [1.29, 1.82) is 0 Å². The second-order valence-electron chi connectivity index (χ2n) is 6.78. The molecule has 2 aromatic carbocycles. The number of benzene rings is 2. The molecule has 0 aliphatic heterocycles. The van der Waals surface area contributed by atoms with Crippen molar-refractivity contribution in [2.45, 2.75) is 32.8 Å². The number of carbonyl (C=O) groups is 1. The van der Waals surface area contributed by atoms with Gasteiger partial charge in [0.2, 0.25) is 5.13 Å². The van der Waals surface area contributed by atoms with Crippen molar-refractivity contribution in [2.75, 3.05) is 11.9 Å². The molecule has 1 amide bonds. The third-order valence-corrected chi connectivity index (χ3v) is 5.91. The molecule has 1 aromatic heterocycles. The zero-order chi connectivity index (χ0) is 20.3. The van der Waals surface area contributed by atoms with Crippen molar-refractivity contribution < 1.29 is 9.53 Å². The van der Waals surface area contributed by atoms with Gasteiger partial charge in [0, 0.05) is 17.1 Å². The fourth-order valence-electron chi connectivity index (χ4n) is 2.61. The highest BCUT2D eigenvalue weighted by atomic mass is 79.9. The van der Waals surface area contributed by atoms with E-state index in [0.29, 0.717) is 16.8 Å². The molecule has 28 heavy (non-hydrogen) atoms. The second-order valence-corrected chi connectivity index (χ2v) is 8.65. The van der Waals surface area contributed by atoms with Gasteiger partial charge in [0.1, 0.15) is 10.8 Å². The molecule has 0 saturated heterocycles. The summed E-state index contributed by atoms with van der Waals surface area (Å²) in [6.45, 7) is 6.02. The van der Waals surface area contributed by atoms with Crippen molar-refractivity contribution in [1.82, 2.24) is 10.2 Å². The molecule has 0 aliphatic rings. The largest absolute Gasteiger partial charge is 0.481 e. The molecule has 3 rings (SSSR count). The van der Waals surface area contributed by atoms with E-state index in [2.05, 4.69) is 40.0 Å². The van der Waals surface area contributed by atoms with E-state index >= 15 is 0 Å². The van der Waals surface area contributed by atoms with E-state index in [1.54, 1.807) is 14.0 Å². The van der Waals surface area contributed by atoms with Crippen LogP contribution in [0.2, 0.25) is 0 Å². The molecule has 5 nitrogen and oxygen atoms in total. The number of halogens is 1. The van der Waals surface area contributed by atoms with Crippen molar-refractivity contribution in [3.63, 3.8) is 0 Å². The lowest BCUT2D eigenvalue weighted by Crippen LogP contribution is -2.38. The van der Waals surface area contributed by atoms with E-state index < -0.39 is 6.10 Å². The van der Waals surface area contributed by atoms with Crippen LogP contribution in [0.15, 0.2) is 53.0 Å². The first-order valence-electron chi connectivity index (χ1n) is 8.98. The number of anilines is 1. The minimum atomic E-state index is -0.630. The Morgan fingerprint density at radius 2 is 1.68 bits per heavy atom. The highest BCUT2D eigenvalue weighted by molar-refractivity contribution is 9.10. The van der Waals surface area contributed by atoms with E-state index in [9.17, 15) is 4.79 Å². The maximum atomic E-state index is 12.7. The number of aromatic nitrogens is 2. The van der Waals surface area contributed by atoms with Gasteiger partial charge in [-0.05, 0) is 42.7 Å². The zero-order valence-corrected chi connectivity index (χ0v) is 18.6. The summed E-state index contributed by atoms with van der Waals surface area (Å²) < 4.78 is 6.82. The van der Waals surface area contributed by atoms with E-state index in [1.165, 1.54) is 21.8 Å². The van der Waals surface area contributed by atoms with E-state index in [-0.39, 0.29) is 5.91 Å². The summed E-state index contributed by atoms with van der Waals surface area (Å²) in [5, 5.41) is 9.67. The normalized spacial score (nSPS) is 12.1. The lowest BCUT2D eigenvalue weighted by atomic mass is 10.0. The summed E-state index contributed by atoms with van der Waals surface area (Å²) in [6.07, 6.45) is -0.630. The molecule has 0 aliphatic carbocycles. The maximum absolute atomic E-state index is 12.7. The molecule has 0 spiro atoms. The van der Waals surface area contributed by atoms with Crippen molar-refractivity contribution in [3.8, 4) is 16.3 Å². The Morgan fingerprint density at radius 3 is 2.29 bits per heavy atom. The summed E-state index contributed by atoms with van der Waals surface area (Å²) in [4.78, 5) is 14.2. The molecule has 3 aromatic rings. The number of carbonyl (C=O) groups excluding carboxylic acids is 1. The second kappa shape index (κ2) is 8.84. The summed E-state index contributed by atoms with van der Waals surface area (Å²) in [7, 11) is 1.69. The standard InChI is InChI=1S/C21H22BrN3O2S/c1-13(2)15-7-11-18(12-8-15)27-14(3)20(26)25(4)21-24-23-19(28-21)16-5-9-17(22)10-6-16/h5-14H,1-4H3. The molecule has 0 radical (unpaired) electrons. The molecule has 146 valence electrons. The lowest BCUT2D eigenvalue weighted by molar-refractivity contribution is -0.124. The number of likely N-dealkylation sites (N-methyl/N-ethyl adjacent to an activating group) is 1. The molecule has 1 unspecified atom stereocenters. The number of amides is 1. The van der Waals surface area contributed by atoms with E-state index in [4.69, 9.17) is 4.74 Å². The Kier molecular flexibility index (Phi) is 6.46. The fraction of sp³-hybridized carbons (Fsp3) is 0.286. The average molecular weight is 460 g/mol. The minimum Gasteiger partial charge on any atom is -0.481 e. The average Bonchev–Trinajstić information content (AvgIpc) is 3.18. The van der Waals surface area contributed by atoms with Crippen LogP contribution in [0.4, 0.5) is 5.13 Å². The first-order chi connectivity index (χ1) is 13.3. The predicted molar refractivity (Wildman–Crippen MR) is 117 cm³/mol. The molecule has 0 bridgehead atoms. The number of hydrogen-bond donors (Lipinski definition) is 0. The molecule has 0 fully saturated rings. The molecule has 1 atom stereocenters. The van der Waals surface area contributed by atoms with Gasteiger partial charge in [-0.1, -0.05) is 65.4 Å². The van der Waals surface area contributed by atoms with Gasteiger partial charge in [-0.2, -0.15) is 0 Å². The van der Waals surface area contributed by atoms with Crippen LogP contribution in [0.5, 0.6) is 5.75 Å². The number of nitrogens with zero attached hydrogens (tertiary/aromatic N) is 3. The highest BCUT2D eigenvalue weighted by Crippen LogP contribution is 2.29. The zero-order valence-electron chi connectivity index (χ0n) is 16.2. The van der Waals surface area contributed by atoms with E-state index in [0.717, 1.165) is 15.0 Å². The van der Waals surface area contributed by atoms with Gasteiger partial charge in [-0.25, -0.2) is 0 Å². The molecule has 0 N–H and O–H groups in total. The summed E-state index contributed by atoms with van der Waals surface area (Å²) in [6, 6.07) is 15.7. The van der Waals surface area contributed by atoms with Crippen LogP contribution in [0.3, 0.4) is 0 Å². The Bertz CT molecular complexity index is 939. The summed E-state index contributed by atoms with van der Waals surface area (Å²) in [5.41, 5.74) is 2.19. The number of rotatable bonds is 6. The third-order valence-electron chi connectivity index (χ3n) is 4.33.